The lowest BCUT2D eigenvalue weighted by Crippen LogP contribution is -2.07. The molecule has 108 valence electrons. The standard InChI is InChI=1S/C13H8F3N3OS/c14-13(15,16)8-2-1-5-18-11(8)21-12-19-9-6-7(17)3-4-10(9)20-12/h1-6H,17H2. The molecule has 1 aromatic carbocycles. The lowest BCUT2D eigenvalue weighted by Gasteiger charge is -2.09. The zero-order valence-corrected chi connectivity index (χ0v) is 11.2. The monoisotopic (exact) mass is 311 g/mol. The number of pyridine rings is 1. The van der Waals surface area contributed by atoms with E-state index in [-0.39, 0.29) is 10.2 Å². The molecule has 0 saturated carbocycles. The summed E-state index contributed by atoms with van der Waals surface area (Å²) in [5, 5.41) is -0.121. The summed E-state index contributed by atoms with van der Waals surface area (Å²) in [4.78, 5) is 7.85. The molecule has 0 bridgehead atoms. The number of nitrogens with zero attached hydrogens (tertiary/aromatic N) is 2. The molecule has 0 amide bonds. The fraction of sp³-hybridized carbons (Fsp3) is 0.0769. The maximum absolute atomic E-state index is 12.9. The fourth-order valence-corrected chi connectivity index (χ4v) is 2.59. The SMILES string of the molecule is Nc1ccc2oc(Sc3ncccc3C(F)(F)F)nc2c1. The van der Waals surface area contributed by atoms with Crippen molar-refractivity contribution in [2.24, 2.45) is 0 Å². The van der Waals surface area contributed by atoms with Crippen LogP contribution in [0.3, 0.4) is 0 Å². The molecule has 0 atom stereocenters. The Morgan fingerprint density at radius 1 is 1.19 bits per heavy atom. The number of oxazole rings is 1. The van der Waals surface area contributed by atoms with Crippen molar-refractivity contribution in [2.45, 2.75) is 16.4 Å². The first-order chi connectivity index (χ1) is 9.93. The predicted octanol–water partition coefficient (Wildman–Crippen LogP) is 3.98. The van der Waals surface area contributed by atoms with Crippen LogP contribution in [-0.2, 0) is 6.18 Å². The van der Waals surface area contributed by atoms with Crippen LogP contribution in [0.15, 0.2) is 51.2 Å². The van der Waals surface area contributed by atoms with Gasteiger partial charge in [0, 0.05) is 11.9 Å². The van der Waals surface area contributed by atoms with Gasteiger partial charge in [-0.3, -0.25) is 0 Å². The molecule has 8 heteroatoms. The second-order valence-electron chi connectivity index (χ2n) is 4.16. The van der Waals surface area contributed by atoms with Crippen molar-refractivity contribution in [1.82, 2.24) is 9.97 Å². The van der Waals surface area contributed by atoms with Crippen molar-refractivity contribution in [2.75, 3.05) is 5.73 Å². The van der Waals surface area contributed by atoms with Crippen LogP contribution in [0.1, 0.15) is 5.56 Å². The first kappa shape index (κ1) is 13.7. The third-order valence-electron chi connectivity index (χ3n) is 2.65. The number of rotatable bonds is 2. The lowest BCUT2D eigenvalue weighted by molar-refractivity contribution is -0.140. The molecule has 3 rings (SSSR count). The minimum atomic E-state index is -4.48. The molecular weight excluding hydrogens is 303 g/mol. The molecule has 0 radical (unpaired) electrons. The Balaban J connectivity index is 1.99. The predicted molar refractivity (Wildman–Crippen MR) is 71.8 cm³/mol. The van der Waals surface area contributed by atoms with Crippen LogP contribution in [0, 0.1) is 0 Å². The van der Waals surface area contributed by atoms with E-state index in [0.717, 1.165) is 17.8 Å². The fourth-order valence-electron chi connectivity index (χ4n) is 1.74. The van der Waals surface area contributed by atoms with Crippen LogP contribution in [0.2, 0.25) is 0 Å². The maximum Gasteiger partial charge on any atom is 0.419 e. The minimum absolute atomic E-state index is 0.0831. The van der Waals surface area contributed by atoms with Crippen molar-refractivity contribution in [3.63, 3.8) is 0 Å². The first-order valence-electron chi connectivity index (χ1n) is 5.79. The quantitative estimate of drug-likeness (QED) is 0.725. The van der Waals surface area contributed by atoms with E-state index in [1.165, 1.54) is 12.3 Å². The molecule has 2 aromatic heterocycles. The summed E-state index contributed by atoms with van der Waals surface area (Å²) < 4.78 is 44.0. The van der Waals surface area contributed by atoms with Gasteiger partial charge in [-0.15, -0.1) is 0 Å². The van der Waals surface area contributed by atoms with E-state index in [9.17, 15) is 13.2 Å². The molecule has 0 unspecified atom stereocenters. The zero-order valence-electron chi connectivity index (χ0n) is 10.4. The largest absolute Gasteiger partial charge is 0.431 e. The Bertz CT molecular complexity index is 801. The van der Waals surface area contributed by atoms with Gasteiger partial charge >= 0.3 is 6.18 Å². The van der Waals surface area contributed by atoms with Crippen LogP contribution in [0.25, 0.3) is 11.1 Å². The Hall–Kier alpha value is -2.22. The second kappa shape index (κ2) is 4.96. The van der Waals surface area contributed by atoms with E-state index in [0.29, 0.717) is 16.8 Å². The number of benzene rings is 1. The number of nitrogen functional groups attached to an aromatic ring is 1. The van der Waals surface area contributed by atoms with Gasteiger partial charge in [0.2, 0.25) is 0 Å². The van der Waals surface area contributed by atoms with Gasteiger partial charge in [-0.2, -0.15) is 13.2 Å². The zero-order chi connectivity index (χ0) is 15.0. The molecule has 0 spiro atoms. The van der Waals surface area contributed by atoms with Crippen LogP contribution in [0.4, 0.5) is 18.9 Å². The third kappa shape index (κ3) is 2.80. The van der Waals surface area contributed by atoms with Crippen molar-refractivity contribution < 1.29 is 17.6 Å². The van der Waals surface area contributed by atoms with Gasteiger partial charge in [-0.05, 0) is 42.1 Å². The van der Waals surface area contributed by atoms with Gasteiger partial charge in [0.05, 0.1) is 5.56 Å². The van der Waals surface area contributed by atoms with Gasteiger partial charge in [-0.25, -0.2) is 9.97 Å². The average molecular weight is 311 g/mol. The summed E-state index contributed by atoms with van der Waals surface area (Å²) in [7, 11) is 0. The molecule has 4 nitrogen and oxygen atoms in total. The second-order valence-corrected chi connectivity index (χ2v) is 5.10. The van der Waals surface area contributed by atoms with Crippen molar-refractivity contribution >= 4 is 28.5 Å². The minimum Gasteiger partial charge on any atom is -0.431 e. The number of anilines is 1. The molecule has 2 heterocycles. The van der Waals surface area contributed by atoms with E-state index < -0.39 is 11.7 Å². The van der Waals surface area contributed by atoms with E-state index in [2.05, 4.69) is 9.97 Å². The highest BCUT2D eigenvalue weighted by molar-refractivity contribution is 7.99. The summed E-state index contributed by atoms with van der Waals surface area (Å²) in [5.74, 6) is 0. The lowest BCUT2D eigenvalue weighted by atomic mass is 10.3. The van der Waals surface area contributed by atoms with E-state index in [1.54, 1.807) is 18.2 Å². The molecule has 21 heavy (non-hydrogen) atoms. The number of halogens is 3. The van der Waals surface area contributed by atoms with Crippen molar-refractivity contribution in [3.8, 4) is 0 Å². The van der Waals surface area contributed by atoms with Crippen LogP contribution < -0.4 is 5.73 Å². The summed E-state index contributed by atoms with van der Waals surface area (Å²) in [5.41, 5.74) is 6.24. The normalized spacial score (nSPS) is 12.0. The number of hydrogen-bond donors (Lipinski definition) is 1. The number of nitrogens with two attached hydrogens (primary N) is 1. The Morgan fingerprint density at radius 2 is 2.00 bits per heavy atom. The highest BCUT2D eigenvalue weighted by atomic mass is 32.2. The van der Waals surface area contributed by atoms with Gasteiger partial charge in [0.25, 0.3) is 5.22 Å². The molecule has 0 saturated heterocycles. The smallest absolute Gasteiger partial charge is 0.419 e. The first-order valence-corrected chi connectivity index (χ1v) is 6.61. The highest BCUT2D eigenvalue weighted by Crippen LogP contribution is 2.38. The Labute approximate surface area is 121 Å². The van der Waals surface area contributed by atoms with Gasteiger partial charge < -0.3 is 10.2 Å². The Morgan fingerprint density at radius 3 is 2.76 bits per heavy atom. The summed E-state index contributed by atoms with van der Waals surface area (Å²) in [6.45, 7) is 0. The molecule has 0 aliphatic rings. The number of fused-ring (bicyclic) bond motifs is 1. The van der Waals surface area contributed by atoms with E-state index in [1.807, 2.05) is 0 Å². The van der Waals surface area contributed by atoms with Crippen LogP contribution >= 0.6 is 11.8 Å². The average Bonchev–Trinajstić information content (AvgIpc) is 2.79. The summed E-state index contributed by atoms with van der Waals surface area (Å²) in [6, 6.07) is 7.04. The van der Waals surface area contributed by atoms with Crippen molar-refractivity contribution in [1.29, 1.82) is 0 Å². The van der Waals surface area contributed by atoms with Crippen LogP contribution in [-0.4, -0.2) is 9.97 Å². The Kier molecular flexibility index (Phi) is 3.25. The van der Waals surface area contributed by atoms with Gasteiger partial charge in [0.15, 0.2) is 5.58 Å². The molecule has 0 aliphatic heterocycles. The van der Waals surface area contributed by atoms with E-state index in [4.69, 9.17) is 10.2 Å². The highest BCUT2D eigenvalue weighted by Gasteiger charge is 2.34. The molecule has 2 N–H and O–H groups in total. The molecule has 3 aromatic rings. The molecule has 0 fully saturated rings. The topological polar surface area (TPSA) is 64.9 Å². The number of hydrogen-bond acceptors (Lipinski definition) is 5. The van der Waals surface area contributed by atoms with Crippen molar-refractivity contribution in [3.05, 3.63) is 42.1 Å². The maximum atomic E-state index is 12.9. The van der Waals surface area contributed by atoms with Gasteiger partial charge in [0.1, 0.15) is 10.5 Å². The van der Waals surface area contributed by atoms with Gasteiger partial charge in [-0.1, -0.05) is 0 Å². The van der Waals surface area contributed by atoms with Crippen LogP contribution in [0.5, 0.6) is 0 Å². The number of alkyl halides is 3. The summed E-state index contributed by atoms with van der Waals surface area (Å²) >= 11 is 0.723. The number of aromatic nitrogens is 2. The van der Waals surface area contributed by atoms with E-state index >= 15 is 0 Å². The third-order valence-corrected chi connectivity index (χ3v) is 3.52. The molecule has 0 aliphatic carbocycles. The summed E-state index contributed by atoms with van der Waals surface area (Å²) in [6.07, 6.45) is -3.19. The molecular formula is C13H8F3N3OS.